The van der Waals surface area contributed by atoms with Gasteiger partial charge in [0.15, 0.2) is 0 Å². The van der Waals surface area contributed by atoms with E-state index < -0.39 is 11.9 Å². The lowest BCUT2D eigenvalue weighted by Crippen LogP contribution is -2.52. The monoisotopic (exact) mass is 299 g/mol. The number of hydrogen-bond acceptors (Lipinski definition) is 3. The van der Waals surface area contributed by atoms with Gasteiger partial charge in [-0.15, -0.1) is 0 Å². The lowest BCUT2D eigenvalue weighted by atomic mass is 10.0. The van der Waals surface area contributed by atoms with Gasteiger partial charge in [-0.05, 0) is 23.8 Å². The maximum absolute atomic E-state index is 13.3. The zero-order valence-corrected chi connectivity index (χ0v) is 11.7. The first-order valence-electron chi connectivity index (χ1n) is 6.17. The predicted octanol–water partition coefficient (Wildman–Crippen LogP) is 0.698. The molecular formula is C13H15ClFN3O2. The van der Waals surface area contributed by atoms with Crippen molar-refractivity contribution in [2.45, 2.75) is 6.04 Å². The average molecular weight is 300 g/mol. The normalized spacial score (nSPS) is 19.6. The molecule has 0 spiro atoms. The van der Waals surface area contributed by atoms with Crippen LogP contribution in [0.3, 0.4) is 0 Å². The Labute approximate surface area is 121 Å². The number of benzene rings is 1. The highest BCUT2D eigenvalue weighted by Crippen LogP contribution is 2.26. The van der Waals surface area contributed by atoms with Crippen molar-refractivity contribution in [1.29, 1.82) is 0 Å². The van der Waals surface area contributed by atoms with Crippen LogP contribution in [-0.4, -0.2) is 43.4 Å². The summed E-state index contributed by atoms with van der Waals surface area (Å²) in [5, 5.41) is 5.65. The molecule has 1 heterocycles. The fourth-order valence-corrected chi connectivity index (χ4v) is 2.42. The lowest BCUT2D eigenvalue weighted by molar-refractivity contribution is -0.128. The van der Waals surface area contributed by atoms with E-state index in [0.29, 0.717) is 17.1 Å². The van der Waals surface area contributed by atoms with Gasteiger partial charge < -0.3 is 10.6 Å². The van der Waals surface area contributed by atoms with E-state index in [4.69, 9.17) is 11.6 Å². The minimum Gasteiger partial charge on any atom is -0.358 e. The fraction of sp³-hybridized carbons (Fsp3) is 0.385. The van der Waals surface area contributed by atoms with Crippen LogP contribution in [0.25, 0.3) is 0 Å². The summed E-state index contributed by atoms with van der Waals surface area (Å²) in [5.74, 6) is -0.809. The SMILES string of the molecule is CNC(=O)CN1CC(=O)NC(c2cc(F)ccc2Cl)C1. The van der Waals surface area contributed by atoms with Crippen LogP contribution in [0, 0.1) is 5.82 Å². The third-order valence-corrected chi connectivity index (χ3v) is 3.47. The second kappa shape index (κ2) is 6.19. The number of piperazine rings is 1. The van der Waals surface area contributed by atoms with Gasteiger partial charge in [-0.3, -0.25) is 14.5 Å². The van der Waals surface area contributed by atoms with Crippen LogP contribution in [0.5, 0.6) is 0 Å². The van der Waals surface area contributed by atoms with E-state index in [1.807, 2.05) is 0 Å². The van der Waals surface area contributed by atoms with Crippen molar-refractivity contribution < 1.29 is 14.0 Å². The van der Waals surface area contributed by atoms with Crippen LogP contribution >= 0.6 is 11.6 Å². The summed E-state index contributed by atoms with van der Waals surface area (Å²) < 4.78 is 13.3. The molecule has 0 bridgehead atoms. The van der Waals surface area contributed by atoms with E-state index in [9.17, 15) is 14.0 Å². The molecule has 1 atom stereocenters. The van der Waals surface area contributed by atoms with E-state index in [1.54, 1.807) is 4.90 Å². The Hall–Kier alpha value is -1.66. The van der Waals surface area contributed by atoms with Crippen LogP contribution in [0.2, 0.25) is 5.02 Å². The number of likely N-dealkylation sites (N-methyl/N-ethyl adjacent to an activating group) is 1. The van der Waals surface area contributed by atoms with Crippen LogP contribution in [0.1, 0.15) is 11.6 Å². The molecule has 7 heteroatoms. The molecule has 1 aliphatic rings. The van der Waals surface area contributed by atoms with Crippen molar-refractivity contribution in [3.63, 3.8) is 0 Å². The number of halogens is 2. The molecule has 1 aliphatic heterocycles. The van der Waals surface area contributed by atoms with Crippen molar-refractivity contribution in [3.8, 4) is 0 Å². The second-order valence-electron chi connectivity index (χ2n) is 4.63. The van der Waals surface area contributed by atoms with Gasteiger partial charge in [-0.25, -0.2) is 4.39 Å². The molecule has 0 aromatic heterocycles. The van der Waals surface area contributed by atoms with Crippen molar-refractivity contribution in [3.05, 3.63) is 34.6 Å². The first-order chi connectivity index (χ1) is 9.49. The third kappa shape index (κ3) is 3.46. The number of amides is 2. The van der Waals surface area contributed by atoms with Gasteiger partial charge >= 0.3 is 0 Å². The van der Waals surface area contributed by atoms with Crippen molar-refractivity contribution in [2.75, 3.05) is 26.7 Å². The minimum absolute atomic E-state index is 0.118. The molecule has 5 nitrogen and oxygen atoms in total. The molecule has 0 aliphatic carbocycles. The van der Waals surface area contributed by atoms with Crippen LogP contribution in [-0.2, 0) is 9.59 Å². The number of rotatable bonds is 3. The molecule has 0 saturated carbocycles. The van der Waals surface area contributed by atoms with E-state index in [2.05, 4.69) is 10.6 Å². The van der Waals surface area contributed by atoms with Crippen molar-refractivity contribution in [1.82, 2.24) is 15.5 Å². The smallest absolute Gasteiger partial charge is 0.234 e. The molecule has 1 saturated heterocycles. The molecule has 1 fully saturated rings. The number of carbonyl (C=O) groups excluding carboxylic acids is 2. The molecular weight excluding hydrogens is 285 g/mol. The molecule has 2 N–H and O–H groups in total. The number of carbonyl (C=O) groups is 2. The highest BCUT2D eigenvalue weighted by Gasteiger charge is 2.28. The fourth-order valence-electron chi connectivity index (χ4n) is 2.17. The molecule has 2 rings (SSSR count). The standard InChI is InChI=1S/C13H15ClFN3O2/c1-16-12(19)6-18-5-11(17-13(20)7-18)9-4-8(15)2-3-10(9)14/h2-4,11H,5-7H2,1H3,(H,16,19)(H,17,20). The van der Waals surface area contributed by atoms with Gasteiger partial charge in [-0.2, -0.15) is 0 Å². The molecule has 2 amide bonds. The van der Waals surface area contributed by atoms with Gasteiger partial charge in [0, 0.05) is 18.6 Å². The minimum atomic E-state index is -0.427. The van der Waals surface area contributed by atoms with E-state index in [1.165, 1.54) is 25.2 Å². The first-order valence-corrected chi connectivity index (χ1v) is 6.54. The van der Waals surface area contributed by atoms with Gasteiger partial charge in [-0.1, -0.05) is 11.6 Å². The zero-order chi connectivity index (χ0) is 14.7. The van der Waals surface area contributed by atoms with E-state index in [-0.39, 0.29) is 24.9 Å². The van der Waals surface area contributed by atoms with Gasteiger partial charge in [0.25, 0.3) is 0 Å². The molecule has 20 heavy (non-hydrogen) atoms. The molecule has 0 radical (unpaired) electrons. The van der Waals surface area contributed by atoms with Gasteiger partial charge in [0.05, 0.1) is 19.1 Å². The Balaban J connectivity index is 2.17. The van der Waals surface area contributed by atoms with Crippen LogP contribution in [0.4, 0.5) is 4.39 Å². The quantitative estimate of drug-likeness (QED) is 0.864. The number of nitrogens with zero attached hydrogens (tertiary/aromatic N) is 1. The van der Waals surface area contributed by atoms with Crippen LogP contribution < -0.4 is 10.6 Å². The van der Waals surface area contributed by atoms with Crippen LogP contribution in [0.15, 0.2) is 18.2 Å². The van der Waals surface area contributed by atoms with Gasteiger partial charge in [0.2, 0.25) is 11.8 Å². The topological polar surface area (TPSA) is 61.4 Å². The zero-order valence-electron chi connectivity index (χ0n) is 11.0. The Morgan fingerprint density at radius 3 is 3.05 bits per heavy atom. The van der Waals surface area contributed by atoms with Crippen molar-refractivity contribution in [2.24, 2.45) is 0 Å². The number of hydrogen-bond donors (Lipinski definition) is 2. The number of nitrogens with one attached hydrogen (secondary N) is 2. The largest absolute Gasteiger partial charge is 0.358 e. The maximum Gasteiger partial charge on any atom is 0.234 e. The summed E-state index contributed by atoms with van der Waals surface area (Å²) in [7, 11) is 1.53. The van der Waals surface area contributed by atoms with Gasteiger partial charge in [0.1, 0.15) is 5.82 Å². The Kier molecular flexibility index (Phi) is 4.57. The molecule has 108 valence electrons. The highest BCUT2D eigenvalue weighted by atomic mass is 35.5. The summed E-state index contributed by atoms with van der Waals surface area (Å²) in [6, 6.07) is 3.59. The summed E-state index contributed by atoms with van der Waals surface area (Å²) in [4.78, 5) is 24.8. The predicted molar refractivity (Wildman–Crippen MR) is 72.8 cm³/mol. The molecule has 1 unspecified atom stereocenters. The summed E-state index contributed by atoms with van der Waals surface area (Å²) >= 11 is 6.04. The Bertz CT molecular complexity index is 538. The summed E-state index contributed by atoms with van der Waals surface area (Å²) in [6.45, 7) is 0.659. The molecule has 1 aromatic rings. The maximum atomic E-state index is 13.3. The highest BCUT2D eigenvalue weighted by molar-refractivity contribution is 6.31. The third-order valence-electron chi connectivity index (χ3n) is 3.12. The average Bonchev–Trinajstić information content (AvgIpc) is 2.40. The second-order valence-corrected chi connectivity index (χ2v) is 5.04. The first kappa shape index (κ1) is 14.7. The Morgan fingerprint density at radius 2 is 2.35 bits per heavy atom. The summed E-state index contributed by atoms with van der Waals surface area (Å²) in [6.07, 6.45) is 0. The van der Waals surface area contributed by atoms with E-state index >= 15 is 0 Å². The van der Waals surface area contributed by atoms with Crippen molar-refractivity contribution >= 4 is 23.4 Å². The lowest BCUT2D eigenvalue weighted by Gasteiger charge is -2.33. The summed E-state index contributed by atoms with van der Waals surface area (Å²) in [5.41, 5.74) is 0.515. The molecule has 1 aromatic carbocycles. The Morgan fingerprint density at radius 1 is 1.60 bits per heavy atom. The van der Waals surface area contributed by atoms with E-state index in [0.717, 1.165) is 0 Å².